The molecule has 2 rings (SSSR count). The van der Waals surface area contributed by atoms with Gasteiger partial charge in [0.1, 0.15) is 0 Å². The number of hydrogen-bond acceptors (Lipinski definition) is 4. The number of nitro benzene ring substituents is 1. The number of non-ortho nitro benzene ring substituents is 1. The Morgan fingerprint density at radius 1 is 1.39 bits per heavy atom. The molecule has 1 aromatic carbocycles. The first kappa shape index (κ1) is 13.0. The first-order valence-electron chi connectivity index (χ1n) is 6.24. The van der Waals surface area contributed by atoms with Gasteiger partial charge in [0.05, 0.1) is 11.5 Å². The summed E-state index contributed by atoms with van der Waals surface area (Å²) in [5.74, 6) is 0. The zero-order valence-electron chi connectivity index (χ0n) is 10.3. The van der Waals surface area contributed by atoms with Gasteiger partial charge in [-0.2, -0.15) is 0 Å². The molecule has 0 heterocycles. The van der Waals surface area contributed by atoms with Crippen LogP contribution in [-0.4, -0.2) is 22.2 Å². The first-order chi connectivity index (χ1) is 8.65. The molecule has 5 nitrogen and oxygen atoms in total. The summed E-state index contributed by atoms with van der Waals surface area (Å²) in [6, 6.07) is 6.61. The summed E-state index contributed by atoms with van der Waals surface area (Å²) < 4.78 is 0. The second-order valence-electron chi connectivity index (χ2n) is 4.93. The molecule has 2 N–H and O–H groups in total. The van der Waals surface area contributed by atoms with Crippen LogP contribution in [-0.2, 0) is 6.54 Å². The second kappa shape index (κ2) is 5.46. The Morgan fingerprint density at radius 2 is 2.11 bits per heavy atom. The number of nitro groups is 1. The fourth-order valence-electron chi connectivity index (χ4n) is 2.51. The van der Waals surface area contributed by atoms with E-state index in [2.05, 4.69) is 5.32 Å². The Balaban J connectivity index is 2.01. The van der Waals surface area contributed by atoms with Gasteiger partial charge in [0.2, 0.25) is 0 Å². The van der Waals surface area contributed by atoms with Gasteiger partial charge in [-0.25, -0.2) is 0 Å². The molecule has 98 valence electrons. The standard InChI is InChI=1S/C13H18N2O3/c16-10-13(6-1-2-7-13)14-9-11-4-3-5-12(8-11)15(17)18/h3-5,8,14,16H,1-2,6-7,9-10H2. The van der Waals surface area contributed by atoms with E-state index in [-0.39, 0.29) is 22.8 Å². The maximum absolute atomic E-state index is 10.7. The van der Waals surface area contributed by atoms with Crippen molar-refractivity contribution in [2.24, 2.45) is 0 Å². The van der Waals surface area contributed by atoms with Crippen LogP contribution in [0.25, 0.3) is 0 Å². The minimum absolute atomic E-state index is 0.110. The summed E-state index contributed by atoms with van der Waals surface area (Å²) in [4.78, 5) is 10.3. The van der Waals surface area contributed by atoms with Crippen molar-refractivity contribution in [2.75, 3.05) is 6.61 Å². The summed E-state index contributed by atoms with van der Waals surface area (Å²) in [7, 11) is 0. The molecule has 0 unspecified atom stereocenters. The smallest absolute Gasteiger partial charge is 0.269 e. The molecule has 0 radical (unpaired) electrons. The van der Waals surface area contributed by atoms with E-state index >= 15 is 0 Å². The van der Waals surface area contributed by atoms with Gasteiger partial charge in [0.15, 0.2) is 0 Å². The number of rotatable bonds is 5. The number of nitrogens with zero attached hydrogens (tertiary/aromatic N) is 1. The van der Waals surface area contributed by atoms with Crippen molar-refractivity contribution < 1.29 is 10.0 Å². The third kappa shape index (κ3) is 2.86. The van der Waals surface area contributed by atoms with E-state index < -0.39 is 0 Å². The van der Waals surface area contributed by atoms with Gasteiger partial charge in [-0.05, 0) is 18.4 Å². The van der Waals surface area contributed by atoms with Gasteiger partial charge in [-0.3, -0.25) is 10.1 Å². The lowest BCUT2D eigenvalue weighted by molar-refractivity contribution is -0.384. The fraction of sp³-hybridized carbons (Fsp3) is 0.538. The maximum Gasteiger partial charge on any atom is 0.269 e. The van der Waals surface area contributed by atoms with Crippen molar-refractivity contribution in [2.45, 2.75) is 37.8 Å². The van der Waals surface area contributed by atoms with Crippen LogP contribution in [0.4, 0.5) is 5.69 Å². The van der Waals surface area contributed by atoms with Crippen molar-refractivity contribution >= 4 is 5.69 Å². The fourth-order valence-corrected chi connectivity index (χ4v) is 2.51. The van der Waals surface area contributed by atoms with Gasteiger partial charge >= 0.3 is 0 Å². The molecule has 5 heteroatoms. The molecule has 0 atom stereocenters. The molecule has 1 aliphatic rings. The Bertz CT molecular complexity index is 428. The number of aliphatic hydroxyl groups excluding tert-OH is 1. The lowest BCUT2D eigenvalue weighted by Gasteiger charge is -2.28. The van der Waals surface area contributed by atoms with E-state index in [4.69, 9.17) is 0 Å². The molecule has 0 spiro atoms. The monoisotopic (exact) mass is 250 g/mol. The van der Waals surface area contributed by atoms with Crippen LogP contribution in [0.5, 0.6) is 0 Å². The second-order valence-corrected chi connectivity index (χ2v) is 4.93. The summed E-state index contributed by atoms with van der Waals surface area (Å²) >= 11 is 0. The molecule has 1 aliphatic carbocycles. The van der Waals surface area contributed by atoms with Crippen molar-refractivity contribution in [3.63, 3.8) is 0 Å². The third-order valence-electron chi connectivity index (χ3n) is 3.65. The van der Waals surface area contributed by atoms with Crippen LogP contribution in [0.1, 0.15) is 31.2 Å². The van der Waals surface area contributed by atoms with Crippen molar-refractivity contribution in [3.8, 4) is 0 Å². The Hall–Kier alpha value is -1.46. The van der Waals surface area contributed by atoms with Gasteiger partial charge in [0.25, 0.3) is 5.69 Å². The van der Waals surface area contributed by atoms with Gasteiger partial charge in [-0.15, -0.1) is 0 Å². The van der Waals surface area contributed by atoms with Crippen LogP contribution < -0.4 is 5.32 Å². The molecular formula is C13H18N2O3. The van der Waals surface area contributed by atoms with Gasteiger partial charge < -0.3 is 10.4 Å². The summed E-state index contributed by atoms with van der Waals surface area (Å²) in [5, 5.41) is 23.5. The SMILES string of the molecule is O=[N+]([O-])c1cccc(CNC2(CO)CCCC2)c1. The molecule has 0 amide bonds. The minimum atomic E-state index is -0.388. The van der Waals surface area contributed by atoms with Crippen molar-refractivity contribution in [1.29, 1.82) is 0 Å². The maximum atomic E-state index is 10.7. The van der Waals surface area contributed by atoms with Gasteiger partial charge in [-0.1, -0.05) is 25.0 Å². The van der Waals surface area contributed by atoms with E-state index in [0.29, 0.717) is 6.54 Å². The van der Waals surface area contributed by atoms with Crippen LogP contribution >= 0.6 is 0 Å². The summed E-state index contributed by atoms with van der Waals surface area (Å²) in [6.45, 7) is 0.685. The van der Waals surface area contributed by atoms with Crippen LogP contribution in [0.3, 0.4) is 0 Å². The molecule has 18 heavy (non-hydrogen) atoms. The van der Waals surface area contributed by atoms with E-state index in [9.17, 15) is 15.2 Å². The Kier molecular flexibility index (Phi) is 3.93. The van der Waals surface area contributed by atoms with Crippen LogP contribution in [0.15, 0.2) is 24.3 Å². The third-order valence-corrected chi connectivity index (χ3v) is 3.65. The zero-order chi connectivity index (χ0) is 13.0. The van der Waals surface area contributed by atoms with E-state index in [1.54, 1.807) is 12.1 Å². The van der Waals surface area contributed by atoms with Crippen LogP contribution in [0, 0.1) is 10.1 Å². The van der Waals surface area contributed by atoms with E-state index in [1.807, 2.05) is 6.07 Å². The molecule has 0 aromatic heterocycles. The van der Waals surface area contributed by atoms with Crippen LogP contribution in [0.2, 0.25) is 0 Å². The highest BCUT2D eigenvalue weighted by molar-refractivity contribution is 5.34. The number of benzene rings is 1. The van der Waals surface area contributed by atoms with E-state index in [1.165, 1.54) is 6.07 Å². The average Bonchev–Trinajstić information content (AvgIpc) is 2.86. The molecule has 1 saturated carbocycles. The summed E-state index contributed by atoms with van der Waals surface area (Å²) in [5.41, 5.74) is 0.799. The lowest BCUT2D eigenvalue weighted by Crippen LogP contribution is -2.45. The largest absolute Gasteiger partial charge is 0.394 e. The topological polar surface area (TPSA) is 75.4 Å². The number of hydrogen-bond donors (Lipinski definition) is 2. The summed E-state index contributed by atoms with van der Waals surface area (Å²) in [6.07, 6.45) is 4.20. The molecule has 1 fully saturated rings. The molecular weight excluding hydrogens is 232 g/mol. The first-order valence-corrected chi connectivity index (χ1v) is 6.24. The highest BCUT2D eigenvalue weighted by Gasteiger charge is 2.32. The Labute approximate surface area is 106 Å². The zero-order valence-corrected chi connectivity index (χ0v) is 10.3. The highest BCUT2D eigenvalue weighted by Crippen LogP contribution is 2.29. The average molecular weight is 250 g/mol. The number of aliphatic hydroxyl groups is 1. The van der Waals surface area contributed by atoms with Crippen molar-refractivity contribution in [3.05, 3.63) is 39.9 Å². The lowest BCUT2D eigenvalue weighted by atomic mass is 9.98. The minimum Gasteiger partial charge on any atom is -0.394 e. The molecule has 0 saturated heterocycles. The molecule has 0 aliphatic heterocycles. The predicted octanol–water partition coefficient (Wildman–Crippen LogP) is 1.99. The number of nitrogens with one attached hydrogen (secondary N) is 1. The Morgan fingerprint density at radius 3 is 2.72 bits per heavy atom. The van der Waals surface area contributed by atoms with Crippen molar-refractivity contribution in [1.82, 2.24) is 5.32 Å². The molecule has 0 bridgehead atoms. The van der Waals surface area contributed by atoms with E-state index in [0.717, 1.165) is 31.2 Å². The molecule has 1 aromatic rings. The van der Waals surface area contributed by atoms with Gasteiger partial charge in [0, 0.05) is 24.2 Å². The highest BCUT2D eigenvalue weighted by atomic mass is 16.6. The predicted molar refractivity (Wildman–Crippen MR) is 68.2 cm³/mol. The quantitative estimate of drug-likeness (QED) is 0.619. The normalized spacial score (nSPS) is 17.8.